The molecule has 1 atom stereocenters. The molecule has 3 nitrogen and oxygen atoms in total. The van der Waals surface area contributed by atoms with Gasteiger partial charge in [0.2, 0.25) is 0 Å². The average molecular weight is 401 g/mol. The molecule has 1 aliphatic carbocycles. The van der Waals surface area contributed by atoms with Crippen LogP contribution in [0.15, 0.2) is 36.4 Å². The van der Waals surface area contributed by atoms with Gasteiger partial charge < -0.3 is 5.32 Å². The molecular weight excluding hydrogens is 384 g/mol. The van der Waals surface area contributed by atoms with E-state index in [2.05, 4.69) is 10.3 Å². The minimum atomic E-state index is -4.53. The third kappa shape index (κ3) is 4.97. The summed E-state index contributed by atoms with van der Waals surface area (Å²) in [6, 6.07) is 7.66. The van der Waals surface area contributed by atoms with E-state index in [0.29, 0.717) is 12.3 Å². The first-order valence-corrected chi connectivity index (χ1v) is 8.90. The van der Waals surface area contributed by atoms with Crippen LogP contribution in [0.2, 0.25) is 5.02 Å². The first-order valence-electron chi connectivity index (χ1n) is 8.52. The van der Waals surface area contributed by atoms with Crippen LogP contribution in [0.4, 0.5) is 17.6 Å². The Hall–Kier alpha value is -2.15. The normalized spacial score (nSPS) is 15.4. The van der Waals surface area contributed by atoms with Crippen LogP contribution in [0, 0.1) is 11.7 Å². The topological polar surface area (TPSA) is 42.0 Å². The van der Waals surface area contributed by atoms with Crippen molar-refractivity contribution in [1.29, 1.82) is 0 Å². The Kier molecular flexibility index (Phi) is 5.69. The molecule has 0 radical (unpaired) electrons. The molecule has 1 amide bonds. The van der Waals surface area contributed by atoms with Crippen molar-refractivity contribution in [3.8, 4) is 0 Å². The SMILES string of the molecule is O=C(NCC(CC1CC1)c1cccc(C(F)(F)F)n1)c1cccc(F)c1Cl. The Morgan fingerprint density at radius 3 is 2.59 bits per heavy atom. The number of nitrogens with one attached hydrogen (secondary N) is 1. The number of aromatic nitrogens is 1. The summed E-state index contributed by atoms with van der Waals surface area (Å²) in [5, 5.41) is 2.36. The number of carbonyl (C=O) groups is 1. The van der Waals surface area contributed by atoms with E-state index in [1.165, 1.54) is 24.3 Å². The van der Waals surface area contributed by atoms with Crippen molar-refractivity contribution in [2.24, 2.45) is 5.92 Å². The van der Waals surface area contributed by atoms with Crippen LogP contribution in [0.25, 0.3) is 0 Å². The quantitative estimate of drug-likeness (QED) is 0.676. The summed E-state index contributed by atoms with van der Waals surface area (Å²) in [6.07, 6.45) is -1.87. The van der Waals surface area contributed by atoms with Gasteiger partial charge >= 0.3 is 6.18 Å². The monoisotopic (exact) mass is 400 g/mol. The van der Waals surface area contributed by atoms with E-state index in [1.807, 2.05) is 0 Å². The van der Waals surface area contributed by atoms with Gasteiger partial charge in [-0.25, -0.2) is 9.37 Å². The lowest BCUT2D eigenvalue weighted by Gasteiger charge is -2.18. The number of amides is 1. The van der Waals surface area contributed by atoms with Crippen LogP contribution in [0.1, 0.15) is 46.9 Å². The Morgan fingerprint density at radius 2 is 1.93 bits per heavy atom. The van der Waals surface area contributed by atoms with Crippen LogP contribution in [-0.4, -0.2) is 17.4 Å². The third-order valence-electron chi connectivity index (χ3n) is 4.50. The Balaban J connectivity index is 1.76. The number of benzene rings is 1. The Labute approximate surface area is 158 Å². The predicted octanol–water partition coefficient (Wildman–Crippen LogP) is 5.21. The van der Waals surface area contributed by atoms with Crippen LogP contribution in [0.3, 0.4) is 0 Å². The minimum absolute atomic E-state index is 0.0150. The van der Waals surface area contributed by atoms with Crippen LogP contribution < -0.4 is 5.32 Å². The first-order chi connectivity index (χ1) is 12.8. The summed E-state index contributed by atoms with van der Waals surface area (Å²) in [7, 11) is 0. The molecule has 1 aromatic carbocycles. The maximum atomic E-state index is 13.5. The summed E-state index contributed by atoms with van der Waals surface area (Å²) >= 11 is 5.81. The lowest BCUT2D eigenvalue weighted by molar-refractivity contribution is -0.141. The molecule has 0 bridgehead atoms. The van der Waals surface area contributed by atoms with Crippen molar-refractivity contribution in [3.05, 3.63) is 64.2 Å². The zero-order valence-electron chi connectivity index (χ0n) is 14.2. The van der Waals surface area contributed by atoms with Crippen molar-refractivity contribution >= 4 is 17.5 Å². The lowest BCUT2D eigenvalue weighted by Crippen LogP contribution is -2.29. The molecule has 1 saturated carbocycles. The summed E-state index contributed by atoms with van der Waals surface area (Å²) in [5.41, 5.74) is -0.693. The summed E-state index contributed by atoms with van der Waals surface area (Å²) in [4.78, 5) is 16.1. The summed E-state index contributed by atoms with van der Waals surface area (Å²) in [5.74, 6) is -1.23. The van der Waals surface area contributed by atoms with Crippen LogP contribution in [-0.2, 0) is 6.18 Å². The second-order valence-corrected chi connectivity index (χ2v) is 7.01. The molecule has 1 unspecified atom stereocenters. The van der Waals surface area contributed by atoms with E-state index in [4.69, 9.17) is 11.6 Å². The highest BCUT2D eigenvalue weighted by Crippen LogP contribution is 2.38. The van der Waals surface area contributed by atoms with E-state index in [1.54, 1.807) is 0 Å². The van der Waals surface area contributed by atoms with Gasteiger partial charge in [-0.15, -0.1) is 0 Å². The number of hydrogen-bond acceptors (Lipinski definition) is 2. The maximum absolute atomic E-state index is 13.5. The number of alkyl halides is 3. The smallest absolute Gasteiger partial charge is 0.351 e. The minimum Gasteiger partial charge on any atom is -0.351 e. The van der Waals surface area contributed by atoms with Crippen molar-refractivity contribution in [3.63, 3.8) is 0 Å². The summed E-state index contributed by atoms with van der Waals surface area (Å²) in [6.45, 7) is 0.0937. The number of hydrogen-bond donors (Lipinski definition) is 1. The molecule has 2 aromatic rings. The molecular formula is C19H17ClF4N2O. The van der Waals surface area contributed by atoms with Gasteiger partial charge in [-0.3, -0.25) is 4.79 Å². The average Bonchev–Trinajstić information content (AvgIpc) is 3.44. The molecule has 0 spiro atoms. The second kappa shape index (κ2) is 7.84. The highest BCUT2D eigenvalue weighted by molar-refractivity contribution is 6.34. The molecule has 27 heavy (non-hydrogen) atoms. The van der Waals surface area contributed by atoms with Crippen LogP contribution >= 0.6 is 11.6 Å². The Bertz CT molecular complexity index is 837. The zero-order chi connectivity index (χ0) is 19.6. The Morgan fingerprint density at radius 1 is 1.22 bits per heavy atom. The van der Waals surface area contributed by atoms with Crippen LogP contribution in [0.5, 0.6) is 0 Å². The van der Waals surface area contributed by atoms with Gasteiger partial charge in [0.15, 0.2) is 0 Å². The van der Waals surface area contributed by atoms with E-state index in [9.17, 15) is 22.4 Å². The molecule has 1 N–H and O–H groups in total. The number of pyridine rings is 1. The molecule has 144 valence electrons. The van der Waals surface area contributed by atoms with Crippen molar-refractivity contribution in [2.75, 3.05) is 6.54 Å². The van der Waals surface area contributed by atoms with E-state index >= 15 is 0 Å². The lowest BCUT2D eigenvalue weighted by atomic mass is 9.97. The van der Waals surface area contributed by atoms with Gasteiger partial charge in [0.05, 0.1) is 10.6 Å². The molecule has 1 aliphatic rings. The third-order valence-corrected chi connectivity index (χ3v) is 4.88. The van der Waals surface area contributed by atoms with E-state index in [-0.39, 0.29) is 28.7 Å². The fraction of sp³-hybridized carbons (Fsp3) is 0.368. The standard InChI is InChI=1S/C19H17ClF4N2O/c20-17-13(3-1-4-14(17)21)18(27)25-10-12(9-11-7-8-11)15-5-2-6-16(26-15)19(22,23)24/h1-6,11-12H,7-10H2,(H,25,27). The summed E-state index contributed by atoms with van der Waals surface area (Å²) < 4.78 is 52.3. The predicted molar refractivity (Wildman–Crippen MR) is 93.1 cm³/mol. The molecule has 3 rings (SSSR count). The highest BCUT2D eigenvalue weighted by Gasteiger charge is 2.34. The molecule has 8 heteroatoms. The van der Waals surface area contributed by atoms with Gasteiger partial charge in [-0.2, -0.15) is 13.2 Å². The zero-order valence-corrected chi connectivity index (χ0v) is 14.9. The molecule has 1 fully saturated rings. The van der Waals surface area contributed by atoms with Gasteiger partial charge in [-0.1, -0.05) is 36.6 Å². The van der Waals surface area contributed by atoms with Gasteiger partial charge in [-0.05, 0) is 36.6 Å². The highest BCUT2D eigenvalue weighted by atomic mass is 35.5. The fourth-order valence-corrected chi connectivity index (χ4v) is 3.10. The van der Waals surface area contributed by atoms with E-state index in [0.717, 1.165) is 25.0 Å². The first kappa shape index (κ1) is 19.6. The van der Waals surface area contributed by atoms with Crippen molar-refractivity contribution in [1.82, 2.24) is 10.3 Å². The van der Waals surface area contributed by atoms with Gasteiger partial charge in [0.1, 0.15) is 11.5 Å². The van der Waals surface area contributed by atoms with Gasteiger partial charge in [0, 0.05) is 18.2 Å². The van der Waals surface area contributed by atoms with Gasteiger partial charge in [0.25, 0.3) is 5.91 Å². The number of rotatable bonds is 6. The second-order valence-electron chi connectivity index (χ2n) is 6.63. The van der Waals surface area contributed by atoms with E-state index < -0.39 is 23.6 Å². The maximum Gasteiger partial charge on any atom is 0.433 e. The molecule has 1 aromatic heterocycles. The molecule has 0 saturated heterocycles. The largest absolute Gasteiger partial charge is 0.433 e. The number of nitrogens with zero attached hydrogens (tertiary/aromatic N) is 1. The molecule has 1 heterocycles. The number of carbonyl (C=O) groups excluding carboxylic acids is 1. The van der Waals surface area contributed by atoms with Crippen molar-refractivity contribution < 1.29 is 22.4 Å². The number of halogens is 5. The fourth-order valence-electron chi connectivity index (χ4n) is 2.89. The van der Waals surface area contributed by atoms with Crippen molar-refractivity contribution in [2.45, 2.75) is 31.4 Å². The molecule has 0 aliphatic heterocycles.